The van der Waals surface area contributed by atoms with Crippen molar-refractivity contribution in [3.05, 3.63) is 21.9 Å². The van der Waals surface area contributed by atoms with E-state index >= 15 is 0 Å². The Morgan fingerprint density at radius 3 is 2.59 bits per heavy atom. The van der Waals surface area contributed by atoms with Crippen LogP contribution in [0.2, 0.25) is 0 Å². The number of Topliss-reactive ketones (excluding diaryl/α,β-unsaturated/α-hetero) is 1. The van der Waals surface area contributed by atoms with E-state index in [4.69, 9.17) is 4.74 Å². The van der Waals surface area contributed by atoms with Crippen molar-refractivity contribution in [2.24, 2.45) is 0 Å². The number of ether oxygens (including phenoxy) is 1. The van der Waals surface area contributed by atoms with Gasteiger partial charge in [-0.2, -0.15) is 0 Å². The zero-order valence-electron chi connectivity index (χ0n) is 10.6. The van der Waals surface area contributed by atoms with E-state index < -0.39 is 0 Å². The van der Waals surface area contributed by atoms with Gasteiger partial charge in [0, 0.05) is 18.0 Å². The molecule has 1 saturated heterocycles. The fraction of sp³-hybridized carbons (Fsp3) is 0.615. The van der Waals surface area contributed by atoms with Gasteiger partial charge in [0.2, 0.25) is 0 Å². The molecule has 1 aromatic heterocycles. The van der Waals surface area contributed by atoms with Crippen molar-refractivity contribution in [2.45, 2.75) is 33.0 Å². The van der Waals surface area contributed by atoms with Gasteiger partial charge in [-0.1, -0.05) is 0 Å². The van der Waals surface area contributed by atoms with Gasteiger partial charge in [-0.3, -0.25) is 9.69 Å². The highest BCUT2D eigenvalue weighted by Gasteiger charge is 2.24. The van der Waals surface area contributed by atoms with Crippen LogP contribution in [0.1, 0.15) is 28.4 Å². The topological polar surface area (TPSA) is 29.5 Å². The molecule has 0 amide bonds. The van der Waals surface area contributed by atoms with E-state index in [9.17, 15) is 4.79 Å². The number of hydrogen-bond donors (Lipinski definition) is 0. The molecule has 17 heavy (non-hydrogen) atoms. The summed E-state index contributed by atoms with van der Waals surface area (Å²) in [7, 11) is 0. The number of hydrogen-bond acceptors (Lipinski definition) is 4. The molecule has 0 unspecified atom stereocenters. The lowest BCUT2D eigenvalue weighted by atomic mass is 10.2. The lowest BCUT2D eigenvalue weighted by Crippen LogP contribution is -2.47. The molecule has 4 heteroatoms. The highest BCUT2D eigenvalue weighted by Crippen LogP contribution is 2.17. The lowest BCUT2D eigenvalue weighted by Gasteiger charge is -2.34. The smallest absolute Gasteiger partial charge is 0.186 e. The fourth-order valence-electron chi connectivity index (χ4n) is 2.28. The molecule has 1 aliphatic heterocycles. The Bertz CT molecular complexity index is 392. The summed E-state index contributed by atoms with van der Waals surface area (Å²) in [4.78, 5) is 16.3. The van der Waals surface area contributed by atoms with E-state index in [1.165, 1.54) is 4.88 Å². The van der Waals surface area contributed by atoms with E-state index in [-0.39, 0.29) is 18.0 Å². The second-order valence-corrected chi connectivity index (χ2v) is 6.07. The molecule has 0 spiro atoms. The van der Waals surface area contributed by atoms with Crippen molar-refractivity contribution in [1.82, 2.24) is 4.90 Å². The molecule has 0 radical (unpaired) electrons. The third kappa shape index (κ3) is 3.37. The van der Waals surface area contributed by atoms with Gasteiger partial charge in [0.05, 0.1) is 23.6 Å². The van der Waals surface area contributed by atoms with Gasteiger partial charge in [-0.05, 0) is 32.9 Å². The SMILES string of the molecule is Cc1ccc(C(=O)CN2C[C@@H](C)O[C@@H](C)C2)s1. The second kappa shape index (κ2) is 5.29. The van der Waals surface area contributed by atoms with E-state index in [0.717, 1.165) is 18.0 Å². The van der Waals surface area contributed by atoms with Crippen LogP contribution in [-0.4, -0.2) is 42.5 Å². The summed E-state index contributed by atoms with van der Waals surface area (Å²) in [5, 5.41) is 0. The van der Waals surface area contributed by atoms with E-state index in [1.807, 2.05) is 19.1 Å². The van der Waals surface area contributed by atoms with E-state index in [0.29, 0.717) is 6.54 Å². The van der Waals surface area contributed by atoms with Gasteiger partial charge in [-0.25, -0.2) is 0 Å². The predicted octanol–water partition coefficient (Wildman–Crippen LogP) is 2.35. The van der Waals surface area contributed by atoms with Crippen molar-refractivity contribution in [1.29, 1.82) is 0 Å². The molecule has 1 aliphatic rings. The standard InChI is InChI=1S/C13H19NO2S/c1-9-6-14(7-10(2)16-9)8-12(15)13-5-4-11(3)17-13/h4-5,9-10H,6-8H2,1-3H3/t9-,10+. The second-order valence-electron chi connectivity index (χ2n) is 4.78. The predicted molar refractivity (Wildman–Crippen MR) is 69.8 cm³/mol. The average molecular weight is 253 g/mol. The van der Waals surface area contributed by atoms with Crippen molar-refractivity contribution in [3.63, 3.8) is 0 Å². The maximum Gasteiger partial charge on any atom is 0.186 e. The maximum atomic E-state index is 12.1. The van der Waals surface area contributed by atoms with Crippen LogP contribution in [0.25, 0.3) is 0 Å². The van der Waals surface area contributed by atoms with Gasteiger partial charge < -0.3 is 4.74 Å². The van der Waals surface area contributed by atoms with Crippen LogP contribution in [0, 0.1) is 6.92 Å². The van der Waals surface area contributed by atoms with Crippen molar-refractivity contribution in [3.8, 4) is 0 Å². The third-order valence-corrected chi connectivity index (χ3v) is 3.92. The molecule has 1 fully saturated rings. The summed E-state index contributed by atoms with van der Waals surface area (Å²) in [6.45, 7) is 8.35. The first-order chi connectivity index (χ1) is 8.04. The molecule has 0 saturated carbocycles. The molecule has 2 rings (SSSR count). The Morgan fingerprint density at radius 2 is 2.06 bits per heavy atom. The summed E-state index contributed by atoms with van der Waals surface area (Å²) < 4.78 is 5.66. The Balaban J connectivity index is 1.94. The molecule has 94 valence electrons. The third-order valence-electron chi connectivity index (χ3n) is 2.88. The number of ketones is 1. The van der Waals surface area contributed by atoms with Crippen LogP contribution in [-0.2, 0) is 4.74 Å². The molecule has 3 nitrogen and oxygen atoms in total. The number of thiophene rings is 1. The Labute approximate surface area is 106 Å². The summed E-state index contributed by atoms with van der Waals surface area (Å²) in [5.74, 6) is 0.226. The summed E-state index contributed by atoms with van der Waals surface area (Å²) in [6, 6.07) is 3.93. The quantitative estimate of drug-likeness (QED) is 0.774. The molecule has 1 aromatic rings. The average Bonchev–Trinajstić information content (AvgIpc) is 2.63. The van der Waals surface area contributed by atoms with Crippen molar-refractivity contribution < 1.29 is 9.53 Å². The number of nitrogens with zero attached hydrogens (tertiary/aromatic N) is 1. The Kier molecular flexibility index (Phi) is 3.97. The molecule has 2 atom stereocenters. The van der Waals surface area contributed by atoms with Crippen molar-refractivity contribution >= 4 is 17.1 Å². The molecule has 0 bridgehead atoms. The molecule has 0 N–H and O–H groups in total. The zero-order chi connectivity index (χ0) is 12.4. The number of aryl methyl sites for hydroxylation is 1. The Morgan fingerprint density at radius 1 is 1.41 bits per heavy atom. The van der Waals surface area contributed by atoms with Gasteiger partial charge >= 0.3 is 0 Å². The van der Waals surface area contributed by atoms with Gasteiger partial charge in [-0.15, -0.1) is 11.3 Å². The minimum Gasteiger partial charge on any atom is -0.373 e. The number of rotatable bonds is 3. The van der Waals surface area contributed by atoms with E-state index in [2.05, 4.69) is 18.7 Å². The Hall–Kier alpha value is -0.710. The van der Waals surface area contributed by atoms with Gasteiger partial charge in [0.15, 0.2) is 5.78 Å². The number of morpholine rings is 1. The van der Waals surface area contributed by atoms with Crippen LogP contribution in [0.15, 0.2) is 12.1 Å². The van der Waals surface area contributed by atoms with Crippen LogP contribution in [0.4, 0.5) is 0 Å². The van der Waals surface area contributed by atoms with Crippen LogP contribution < -0.4 is 0 Å². The highest BCUT2D eigenvalue weighted by atomic mass is 32.1. The highest BCUT2D eigenvalue weighted by molar-refractivity contribution is 7.14. The van der Waals surface area contributed by atoms with Crippen LogP contribution in [0.3, 0.4) is 0 Å². The van der Waals surface area contributed by atoms with E-state index in [1.54, 1.807) is 11.3 Å². The first-order valence-electron chi connectivity index (χ1n) is 6.02. The summed E-state index contributed by atoms with van der Waals surface area (Å²) >= 11 is 1.58. The van der Waals surface area contributed by atoms with Crippen molar-refractivity contribution in [2.75, 3.05) is 19.6 Å². The molecular formula is C13H19NO2S. The fourth-order valence-corrected chi connectivity index (χ4v) is 3.08. The molecule has 0 aromatic carbocycles. The largest absolute Gasteiger partial charge is 0.373 e. The number of carbonyl (C=O) groups is 1. The molecule has 0 aliphatic carbocycles. The monoisotopic (exact) mass is 253 g/mol. The molecule has 2 heterocycles. The normalized spacial score (nSPS) is 26.1. The van der Waals surface area contributed by atoms with Gasteiger partial charge in [0.25, 0.3) is 0 Å². The minimum absolute atomic E-state index is 0.219. The maximum absolute atomic E-state index is 12.1. The van der Waals surface area contributed by atoms with Crippen LogP contribution in [0.5, 0.6) is 0 Å². The first-order valence-corrected chi connectivity index (χ1v) is 6.83. The molecular weight excluding hydrogens is 234 g/mol. The minimum atomic E-state index is 0.219. The summed E-state index contributed by atoms with van der Waals surface area (Å²) in [6.07, 6.45) is 0.438. The van der Waals surface area contributed by atoms with Crippen LogP contribution >= 0.6 is 11.3 Å². The summed E-state index contributed by atoms with van der Waals surface area (Å²) in [5.41, 5.74) is 0. The van der Waals surface area contributed by atoms with Gasteiger partial charge in [0.1, 0.15) is 0 Å². The zero-order valence-corrected chi connectivity index (χ0v) is 11.4. The lowest BCUT2D eigenvalue weighted by molar-refractivity contribution is -0.0652. The first kappa shape index (κ1) is 12.7. The number of carbonyl (C=O) groups excluding carboxylic acids is 1.